The number of hydrogen-bond acceptors (Lipinski definition) is 6. The maximum atomic E-state index is 9.91. The van der Waals surface area contributed by atoms with Crippen LogP contribution in [0.1, 0.15) is 12.8 Å². The summed E-state index contributed by atoms with van der Waals surface area (Å²) in [5.41, 5.74) is 0.945. The molecule has 4 aromatic rings. The van der Waals surface area contributed by atoms with Gasteiger partial charge < -0.3 is 19.7 Å². The molecule has 0 radical (unpaired) electrons. The zero-order chi connectivity index (χ0) is 21.9. The van der Waals surface area contributed by atoms with Crippen LogP contribution in [0.15, 0.2) is 66.7 Å². The van der Waals surface area contributed by atoms with Crippen LogP contribution < -0.4 is 9.47 Å². The molecule has 172 valence electrons. The van der Waals surface area contributed by atoms with Gasteiger partial charge in [0.05, 0.1) is 4.88 Å². The molecule has 1 aromatic heterocycles. The second-order valence-corrected chi connectivity index (χ2v) is 9.01. The van der Waals surface area contributed by atoms with Crippen LogP contribution in [-0.2, 0) is 0 Å². The zero-order valence-electron chi connectivity index (χ0n) is 18.1. The predicted molar refractivity (Wildman–Crippen MR) is 136 cm³/mol. The molecule has 0 amide bonds. The van der Waals surface area contributed by atoms with Gasteiger partial charge in [0, 0.05) is 16.6 Å². The molecule has 1 aliphatic heterocycles. The van der Waals surface area contributed by atoms with Crippen LogP contribution in [0.3, 0.4) is 0 Å². The molecule has 0 atom stereocenters. The number of phenols is 2. The van der Waals surface area contributed by atoms with E-state index >= 15 is 0 Å². The van der Waals surface area contributed by atoms with Gasteiger partial charge in [0.1, 0.15) is 29.6 Å². The Balaban J connectivity index is 0.00000259. The smallest absolute Gasteiger partial charge is 0.153 e. The molecule has 2 heterocycles. The van der Waals surface area contributed by atoms with Gasteiger partial charge in [0.25, 0.3) is 0 Å². The van der Waals surface area contributed by atoms with E-state index in [1.165, 1.54) is 25.9 Å². The molecule has 1 saturated heterocycles. The number of phenolic OH excluding ortho intramolecular Hbond substituents is 2. The lowest BCUT2D eigenvalue weighted by Gasteiger charge is -2.15. The van der Waals surface area contributed by atoms with E-state index < -0.39 is 0 Å². The van der Waals surface area contributed by atoms with Gasteiger partial charge in [-0.25, -0.2) is 0 Å². The van der Waals surface area contributed by atoms with E-state index in [9.17, 15) is 10.2 Å². The van der Waals surface area contributed by atoms with Gasteiger partial charge in [-0.15, -0.1) is 23.7 Å². The molecule has 1 fully saturated rings. The first-order valence-corrected chi connectivity index (χ1v) is 11.7. The Kier molecular flexibility index (Phi) is 7.28. The number of nitrogens with zero attached hydrogens (tertiary/aromatic N) is 1. The summed E-state index contributed by atoms with van der Waals surface area (Å²) in [5.74, 6) is 2.71. The van der Waals surface area contributed by atoms with Crippen LogP contribution in [0.4, 0.5) is 0 Å². The Morgan fingerprint density at radius 3 is 2.21 bits per heavy atom. The van der Waals surface area contributed by atoms with Crippen molar-refractivity contribution >= 4 is 33.8 Å². The Hall–Kier alpha value is -2.93. The lowest BCUT2D eigenvalue weighted by atomic mass is 10.1. The van der Waals surface area contributed by atoms with Gasteiger partial charge in [-0.2, -0.15) is 0 Å². The van der Waals surface area contributed by atoms with Crippen LogP contribution >= 0.6 is 23.7 Å². The highest BCUT2D eigenvalue weighted by atomic mass is 35.5. The normalized spacial score (nSPS) is 13.7. The molecule has 1 aliphatic rings. The van der Waals surface area contributed by atoms with Crippen molar-refractivity contribution in [1.82, 2.24) is 4.90 Å². The summed E-state index contributed by atoms with van der Waals surface area (Å²) in [7, 11) is 0. The zero-order valence-corrected chi connectivity index (χ0v) is 19.7. The summed E-state index contributed by atoms with van der Waals surface area (Å²) in [6.07, 6.45) is 2.57. The van der Waals surface area contributed by atoms with Crippen LogP contribution in [0.2, 0.25) is 0 Å². The first kappa shape index (κ1) is 23.2. The number of ether oxygens (including phenoxy) is 2. The van der Waals surface area contributed by atoms with E-state index in [1.807, 2.05) is 42.5 Å². The molecule has 0 spiro atoms. The third-order valence-electron chi connectivity index (χ3n) is 5.68. The van der Waals surface area contributed by atoms with Crippen molar-refractivity contribution in [2.24, 2.45) is 0 Å². The summed E-state index contributed by atoms with van der Waals surface area (Å²) in [6.45, 7) is 3.99. The summed E-state index contributed by atoms with van der Waals surface area (Å²) >= 11 is 1.55. The van der Waals surface area contributed by atoms with E-state index in [-0.39, 0.29) is 23.9 Å². The van der Waals surface area contributed by atoms with Crippen LogP contribution in [0, 0.1) is 0 Å². The van der Waals surface area contributed by atoms with Crippen LogP contribution in [0.5, 0.6) is 28.7 Å². The van der Waals surface area contributed by atoms with Crippen molar-refractivity contribution < 1.29 is 19.7 Å². The van der Waals surface area contributed by atoms with Crippen molar-refractivity contribution in [2.45, 2.75) is 12.8 Å². The molecular weight excluding hydrogens is 458 g/mol. The van der Waals surface area contributed by atoms with Gasteiger partial charge in [-0.3, -0.25) is 4.90 Å². The minimum Gasteiger partial charge on any atom is -0.508 e. The standard InChI is InChI=1S/C26H25NO4S.ClH/c28-19-5-3-18(4-6-19)26-25(23-12-7-20(29)17-24(23)32-26)31-22-10-8-21(9-11-22)30-16-15-27-13-1-2-14-27;/h3-12,17,28-29H,1-2,13-16H2;1H. The Morgan fingerprint density at radius 2 is 1.48 bits per heavy atom. The number of hydrogen-bond donors (Lipinski definition) is 2. The summed E-state index contributed by atoms with van der Waals surface area (Å²) in [4.78, 5) is 3.37. The average molecular weight is 484 g/mol. The molecule has 0 saturated carbocycles. The van der Waals surface area contributed by atoms with Crippen LogP contribution in [-0.4, -0.2) is 41.4 Å². The molecule has 5 nitrogen and oxygen atoms in total. The lowest BCUT2D eigenvalue weighted by molar-refractivity contribution is 0.237. The van der Waals surface area contributed by atoms with Gasteiger partial charge in [0.2, 0.25) is 0 Å². The fourth-order valence-corrected chi connectivity index (χ4v) is 5.15. The lowest BCUT2D eigenvalue weighted by Crippen LogP contribution is -2.25. The fraction of sp³-hybridized carbons (Fsp3) is 0.231. The predicted octanol–water partition coefficient (Wildman–Crippen LogP) is 6.67. The van der Waals surface area contributed by atoms with Gasteiger partial charge in [0.15, 0.2) is 5.75 Å². The van der Waals surface area contributed by atoms with Crippen molar-refractivity contribution in [1.29, 1.82) is 0 Å². The number of fused-ring (bicyclic) bond motifs is 1. The number of aromatic hydroxyl groups is 2. The van der Waals surface area contributed by atoms with E-state index in [4.69, 9.17) is 9.47 Å². The monoisotopic (exact) mass is 483 g/mol. The van der Waals surface area contributed by atoms with Gasteiger partial charge in [-0.1, -0.05) is 0 Å². The van der Waals surface area contributed by atoms with Crippen molar-refractivity contribution in [3.63, 3.8) is 0 Å². The van der Waals surface area contributed by atoms with E-state index in [1.54, 1.807) is 35.6 Å². The molecular formula is C26H26ClNO4S. The Bertz CT molecular complexity index is 1200. The van der Waals surface area contributed by atoms with Gasteiger partial charge >= 0.3 is 0 Å². The van der Waals surface area contributed by atoms with Crippen LogP contribution in [0.25, 0.3) is 20.5 Å². The van der Waals surface area contributed by atoms with E-state index in [0.717, 1.165) is 38.6 Å². The fourth-order valence-electron chi connectivity index (χ4n) is 3.99. The first-order chi connectivity index (χ1) is 15.7. The highest BCUT2D eigenvalue weighted by Gasteiger charge is 2.17. The first-order valence-electron chi connectivity index (χ1n) is 10.8. The topological polar surface area (TPSA) is 62.2 Å². The third kappa shape index (κ3) is 5.36. The van der Waals surface area contributed by atoms with Crippen molar-refractivity contribution in [2.75, 3.05) is 26.2 Å². The summed E-state index contributed by atoms with van der Waals surface area (Å²) in [6, 6.07) is 20.0. The number of benzene rings is 3. The average Bonchev–Trinajstić information content (AvgIpc) is 3.43. The summed E-state index contributed by atoms with van der Waals surface area (Å²) < 4.78 is 13.2. The second kappa shape index (κ2) is 10.3. The second-order valence-electron chi connectivity index (χ2n) is 7.96. The van der Waals surface area contributed by atoms with E-state index in [2.05, 4.69) is 4.90 Å². The SMILES string of the molecule is Cl.Oc1ccc(-c2sc3cc(O)ccc3c2Oc2ccc(OCCN3CCCC3)cc2)cc1. The molecule has 2 N–H and O–H groups in total. The van der Waals surface area contributed by atoms with E-state index in [0.29, 0.717) is 12.4 Å². The molecule has 5 rings (SSSR count). The third-order valence-corrected chi connectivity index (χ3v) is 6.86. The number of likely N-dealkylation sites (tertiary alicyclic amines) is 1. The largest absolute Gasteiger partial charge is 0.508 e. The minimum atomic E-state index is 0. The maximum Gasteiger partial charge on any atom is 0.153 e. The Labute approximate surface area is 203 Å². The number of halogens is 1. The molecule has 3 aromatic carbocycles. The highest BCUT2D eigenvalue weighted by Crippen LogP contribution is 2.47. The number of rotatable bonds is 7. The molecule has 0 aliphatic carbocycles. The van der Waals surface area contributed by atoms with Crippen molar-refractivity contribution in [3.8, 4) is 39.2 Å². The van der Waals surface area contributed by atoms with Crippen molar-refractivity contribution in [3.05, 3.63) is 66.7 Å². The van der Waals surface area contributed by atoms with Gasteiger partial charge in [-0.05, 0) is 98.2 Å². The highest BCUT2D eigenvalue weighted by molar-refractivity contribution is 7.22. The summed E-state index contributed by atoms with van der Waals surface area (Å²) in [5, 5.41) is 20.5. The molecule has 33 heavy (non-hydrogen) atoms. The minimum absolute atomic E-state index is 0. The molecule has 0 bridgehead atoms. The maximum absolute atomic E-state index is 9.91. The quantitative estimate of drug-likeness (QED) is 0.307. The molecule has 0 unspecified atom stereocenters. The Morgan fingerprint density at radius 1 is 0.818 bits per heavy atom. The number of thiophene rings is 1. The molecule has 7 heteroatoms.